The van der Waals surface area contributed by atoms with Crippen molar-refractivity contribution >= 4 is 27.6 Å². The summed E-state index contributed by atoms with van der Waals surface area (Å²) in [7, 11) is -3.80. The average molecular weight is 447 g/mol. The summed E-state index contributed by atoms with van der Waals surface area (Å²) in [5.74, 6) is -1.27. The highest BCUT2D eigenvalue weighted by atomic mass is 32.2. The first kappa shape index (κ1) is 22.9. The van der Waals surface area contributed by atoms with Crippen LogP contribution in [0.1, 0.15) is 31.1 Å². The number of para-hydroxylation sites is 1. The number of esters is 1. The van der Waals surface area contributed by atoms with Gasteiger partial charge in [0.1, 0.15) is 0 Å². The van der Waals surface area contributed by atoms with Gasteiger partial charge < -0.3 is 14.8 Å². The lowest BCUT2D eigenvalue weighted by Crippen LogP contribution is -2.48. The van der Waals surface area contributed by atoms with Gasteiger partial charge >= 0.3 is 5.97 Å². The Hall–Kier alpha value is -2.75. The lowest BCUT2D eigenvalue weighted by Gasteiger charge is -2.34. The molecule has 1 saturated heterocycles. The van der Waals surface area contributed by atoms with Gasteiger partial charge in [-0.15, -0.1) is 0 Å². The number of hydrogen-bond acceptors (Lipinski definition) is 6. The number of nitrogens with one attached hydrogen (secondary N) is 1. The van der Waals surface area contributed by atoms with Gasteiger partial charge in [0, 0.05) is 18.8 Å². The normalized spacial score (nSPS) is 20.6. The van der Waals surface area contributed by atoms with Crippen LogP contribution in [0, 0.1) is 0 Å². The fourth-order valence-electron chi connectivity index (χ4n) is 3.31. The van der Waals surface area contributed by atoms with Gasteiger partial charge in [0.25, 0.3) is 5.91 Å². The Morgan fingerprint density at radius 1 is 1.06 bits per heavy atom. The number of nitrogens with zero attached hydrogens (tertiary/aromatic N) is 1. The Balaban J connectivity index is 1.70. The molecule has 1 aliphatic rings. The molecule has 0 bridgehead atoms. The molecule has 0 aromatic heterocycles. The Morgan fingerprint density at radius 2 is 1.71 bits per heavy atom. The summed E-state index contributed by atoms with van der Waals surface area (Å²) in [5.41, 5.74) is 0.632. The monoisotopic (exact) mass is 446 g/mol. The van der Waals surface area contributed by atoms with Crippen LogP contribution >= 0.6 is 0 Å². The quantitative estimate of drug-likeness (QED) is 0.685. The lowest BCUT2D eigenvalue weighted by atomic mass is 10.2. The molecular weight excluding hydrogens is 420 g/mol. The average Bonchev–Trinajstić information content (AvgIpc) is 2.73. The van der Waals surface area contributed by atoms with Crippen molar-refractivity contribution < 1.29 is 27.5 Å². The largest absolute Gasteiger partial charge is 0.449 e. The van der Waals surface area contributed by atoms with Crippen LogP contribution in [0.25, 0.3) is 0 Å². The summed E-state index contributed by atoms with van der Waals surface area (Å²) in [6.45, 7) is 5.55. The van der Waals surface area contributed by atoms with Crippen LogP contribution in [0.5, 0.6) is 0 Å². The van der Waals surface area contributed by atoms with E-state index in [1.54, 1.807) is 24.3 Å². The molecule has 3 rings (SSSR count). The summed E-state index contributed by atoms with van der Waals surface area (Å²) in [6, 6.07) is 14.4. The second kappa shape index (κ2) is 9.59. The van der Waals surface area contributed by atoms with Gasteiger partial charge in [-0.1, -0.05) is 24.3 Å². The molecule has 0 radical (unpaired) electrons. The van der Waals surface area contributed by atoms with E-state index in [1.807, 2.05) is 19.9 Å². The number of carbonyl (C=O) groups is 2. The van der Waals surface area contributed by atoms with Crippen LogP contribution in [0.2, 0.25) is 0 Å². The molecule has 1 heterocycles. The highest BCUT2D eigenvalue weighted by molar-refractivity contribution is 7.89. The minimum absolute atomic E-state index is 0.00959. The van der Waals surface area contributed by atoms with Crippen LogP contribution in [-0.4, -0.2) is 56.0 Å². The molecule has 1 amide bonds. The van der Waals surface area contributed by atoms with Crippen molar-refractivity contribution in [2.45, 2.75) is 44.0 Å². The Morgan fingerprint density at radius 3 is 2.35 bits per heavy atom. The topological polar surface area (TPSA) is 102 Å². The number of benzene rings is 2. The smallest absolute Gasteiger partial charge is 0.338 e. The van der Waals surface area contributed by atoms with Crippen molar-refractivity contribution in [3.8, 4) is 0 Å². The van der Waals surface area contributed by atoms with Gasteiger partial charge in [-0.2, -0.15) is 4.31 Å². The minimum Gasteiger partial charge on any atom is -0.449 e. The third kappa shape index (κ3) is 5.69. The molecule has 1 aliphatic heterocycles. The molecule has 1 N–H and O–H groups in total. The molecule has 3 unspecified atom stereocenters. The number of rotatable bonds is 6. The van der Waals surface area contributed by atoms with Gasteiger partial charge in [0.2, 0.25) is 10.0 Å². The Kier molecular flexibility index (Phi) is 7.09. The molecule has 0 spiro atoms. The molecule has 31 heavy (non-hydrogen) atoms. The molecule has 1 fully saturated rings. The van der Waals surface area contributed by atoms with Gasteiger partial charge in [0.05, 0.1) is 22.7 Å². The van der Waals surface area contributed by atoms with Crippen molar-refractivity contribution in [3.05, 3.63) is 60.2 Å². The van der Waals surface area contributed by atoms with Crippen molar-refractivity contribution in [2.24, 2.45) is 0 Å². The summed E-state index contributed by atoms with van der Waals surface area (Å²) >= 11 is 0. The third-order valence-electron chi connectivity index (χ3n) is 4.79. The van der Waals surface area contributed by atoms with Crippen LogP contribution in [-0.2, 0) is 24.3 Å². The summed E-state index contributed by atoms with van der Waals surface area (Å²) in [5, 5.41) is 2.65. The predicted molar refractivity (Wildman–Crippen MR) is 115 cm³/mol. The van der Waals surface area contributed by atoms with Crippen molar-refractivity contribution in [1.82, 2.24) is 4.31 Å². The molecular formula is C22H26N2O6S. The first-order valence-corrected chi connectivity index (χ1v) is 11.4. The van der Waals surface area contributed by atoms with Crippen molar-refractivity contribution in [2.75, 3.05) is 18.4 Å². The number of amides is 1. The van der Waals surface area contributed by atoms with Gasteiger partial charge in [-0.05, 0) is 51.1 Å². The van der Waals surface area contributed by atoms with E-state index >= 15 is 0 Å². The number of sulfonamides is 1. The zero-order valence-electron chi connectivity index (χ0n) is 17.6. The molecule has 8 nitrogen and oxygen atoms in total. The van der Waals surface area contributed by atoms with E-state index < -0.39 is 28.0 Å². The van der Waals surface area contributed by atoms with E-state index in [9.17, 15) is 18.0 Å². The number of morpholine rings is 1. The number of hydrogen-bond donors (Lipinski definition) is 1. The highest BCUT2D eigenvalue weighted by Gasteiger charge is 2.32. The fraction of sp³-hybridized carbons (Fsp3) is 0.364. The summed E-state index contributed by atoms with van der Waals surface area (Å²) in [4.78, 5) is 24.8. The second-order valence-corrected chi connectivity index (χ2v) is 9.45. The maximum absolute atomic E-state index is 13.0. The second-order valence-electron chi connectivity index (χ2n) is 7.51. The van der Waals surface area contributed by atoms with E-state index in [0.717, 1.165) is 0 Å². The summed E-state index contributed by atoms with van der Waals surface area (Å²) < 4.78 is 38.3. The number of carbonyl (C=O) groups excluding carboxylic acids is 2. The lowest BCUT2D eigenvalue weighted by molar-refractivity contribution is -0.123. The van der Waals surface area contributed by atoms with Crippen molar-refractivity contribution in [1.29, 1.82) is 0 Å². The van der Waals surface area contributed by atoms with Gasteiger partial charge in [-0.3, -0.25) is 4.79 Å². The van der Waals surface area contributed by atoms with Crippen molar-refractivity contribution in [3.63, 3.8) is 0 Å². The molecule has 9 heteroatoms. The van der Waals surface area contributed by atoms with E-state index in [-0.39, 0.29) is 35.8 Å². The number of anilines is 1. The first-order valence-electron chi connectivity index (χ1n) is 9.99. The Bertz CT molecular complexity index is 1030. The summed E-state index contributed by atoms with van der Waals surface area (Å²) in [6.07, 6.45) is -1.51. The SMILES string of the molecule is CC1CN(S(=O)(=O)c2cccc(C(=O)OC(C)C(=O)Nc3ccccc3)c2)CC(C)O1. The van der Waals surface area contributed by atoms with Crippen LogP contribution < -0.4 is 5.32 Å². The maximum Gasteiger partial charge on any atom is 0.338 e. The molecule has 166 valence electrons. The molecule has 2 aromatic rings. The van der Waals surface area contributed by atoms with Gasteiger partial charge in [0.15, 0.2) is 6.10 Å². The predicted octanol–water partition coefficient (Wildman–Crippen LogP) is 2.67. The van der Waals surface area contributed by atoms with E-state index in [1.165, 1.54) is 35.5 Å². The van der Waals surface area contributed by atoms with Crippen LogP contribution in [0.3, 0.4) is 0 Å². The fourth-order valence-corrected chi connectivity index (χ4v) is 4.94. The van der Waals surface area contributed by atoms with E-state index in [4.69, 9.17) is 9.47 Å². The van der Waals surface area contributed by atoms with Crippen LogP contribution in [0.4, 0.5) is 5.69 Å². The third-order valence-corrected chi connectivity index (χ3v) is 6.62. The maximum atomic E-state index is 13.0. The zero-order valence-corrected chi connectivity index (χ0v) is 18.5. The number of ether oxygens (including phenoxy) is 2. The molecule has 0 aliphatic carbocycles. The standard InChI is InChI=1S/C22H26N2O6S/c1-15-13-24(14-16(2)29-15)31(27,28)20-11-7-8-18(12-20)22(26)30-17(3)21(25)23-19-9-5-4-6-10-19/h4-12,15-17H,13-14H2,1-3H3,(H,23,25). The van der Waals surface area contributed by atoms with Crippen LogP contribution in [0.15, 0.2) is 59.5 Å². The molecule has 3 atom stereocenters. The zero-order chi connectivity index (χ0) is 22.6. The Labute approximate surface area is 182 Å². The van der Waals surface area contributed by atoms with E-state index in [0.29, 0.717) is 5.69 Å². The first-order chi connectivity index (χ1) is 14.7. The molecule has 2 aromatic carbocycles. The molecule has 0 saturated carbocycles. The highest BCUT2D eigenvalue weighted by Crippen LogP contribution is 2.22. The minimum atomic E-state index is -3.80. The van der Waals surface area contributed by atoms with E-state index in [2.05, 4.69) is 5.32 Å². The van der Waals surface area contributed by atoms with Gasteiger partial charge in [-0.25, -0.2) is 13.2 Å².